The van der Waals surface area contributed by atoms with Gasteiger partial charge >= 0.3 is 0 Å². The number of aromatic nitrogens is 3. The first-order valence-corrected chi connectivity index (χ1v) is 8.01. The van der Waals surface area contributed by atoms with Crippen LogP contribution in [0.3, 0.4) is 0 Å². The Morgan fingerprint density at radius 3 is 2.76 bits per heavy atom. The van der Waals surface area contributed by atoms with Crippen LogP contribution in [-0.4, -0.2) is 26.7 Å². The minimum atomic E-state index is 0.176. The maximum atomic E-state index is 8.81. The van der Waals surface area contributed by atoms with Crippen LogP contribution >= 0.6 is 15.9 Å². The first-order valence-electron chi connectivity index (χ1n) is 7.21. The van der Waals surface area contributed by atoms with E-state index in [1.54, 1.807) is 4.68 Å². The zero-order valence-electron chi connectivity index (χ0n) is 12.2. The number of hydrogen-bond acceptors (Lipinski definition) is 4. The average molecular weight is 353 g/mol. The van der Waals surface area contributed by atoms with Crippen LogP contribution in [0.5, 0.6) is 0 Å². The molecule has 1 aromatic carbocycles. The van der Waals surface area contributed by atoms with Crippen molar-refractivity contribution in [2.75, 3.05) is 6.61 Å². The molecule has 1 heterocycles. The molecule has 0 aliphatic carbocycles. The minimum absolute atomic E-state index is 0.176. The molecule has 0 bridgehead atoms. The molecule has 0 aliphatic heterocycles. The summed E-state index contributed by atoms with van der Waals surface area (Å²) in [5.74, 6) is 0. The molecule has 2 N–H and O–H groups in total. The predicted octanol–water partition coefficient (Wildman–Crippen LogP) is 2.66. The number of aryl methyl sites for hydroxylation is 1. The van der Waals surface area contributed by atoms with Gasteiger partial charge in [-0.25, -0.2) is 0 Å². The van der Waals surface area contributed by atoms with Crippen LogP contribution in [0.15, 0.2) is 34.9 Å². The third kappa shape index (κ3) is 4.91. The van der Waals surface area contributed by atoms with Gasteiger partial charge < -0.3 is 10.4 Å². The Kier molecular flexibility index (Phi) is 6.35. The van der Waals surface area contributed by atoms with E-state index >= 15 is 0 Å². The normalized spacial score (nSPS) is 12.5. The number of nitrogens with one attached hydrogen (secondary N) is 1. The summed E-state index contributed by atoms with van der Waals surface area (Å²) >= 11 is 3.46. The van der Waals surface area contributed by atoms with Crippen LogP contribution in [-0.2, 0) is 13.1 Å². The van der Waals surface area contributed by atoms with Gasteiger partial charge in [-0.3, -0.25) is 4.68 Å². The number of rotatable bonds is 8. The van der Waals surface area contributed by atoms with Crippen LogP contribution in [0.25, 0.3) is 0 Å². The molecule has 0 aliphatic rings. The third-order valence-corrected chi connectivity index (χ3v) is 3.87. The van der Waals surface area contributed by atoms with Crippen molar-refractivity contribution in [1.82, 2.24) is 20.3 Å². The molecule has 1 atom stereocenters. The highest BCUT2D eigenvalue weighted by atomic mass is 79.9. The monoisotopic (exact) mass is 352 g/mol. The zero-order valence-corrected chi connectivity index (χ0v) is 13.8. The molecule has 0 saturated heterocycles. The molecule has 5 nitrogen and oxygen atoms in total. The molecule has 0 fully saturated rings. The molecule has 114 valence electrons. The second-order valence-electron chi connectivity index (χ2n) is 4.94. The lowest BCUT2D eigenvalue weighted by Gasteiger charge is -2.16. The summed E-state index contributed by atoms with van der Waals surface area (Å²) in [6, 6.07) is 8.68. The lowest BCUT2D eigenvalue weighted by atomic mass is 10.0. The second kappa shape index (κ2) is 8.26. The van der Waals surface area contributed by atoms with E-state index in [1.165, 1.54) is 5.56 Å². The first kappa shape index (κ1) is 16.1. The summed E-state index contributed by atoms with van der Waals surface area (Å²) in [6.45, 7) is 3.73. The Labute approximate surface area is 133 Å². The smallest absolute Gasteiger partial charge is 0.0965 e. The molecule has 0 radical (unpaired) electrons. The van der Waals surface area contributed by atoms with Crippen LogP contribution in [0.2, 0.25) is 0 Å². The molecule has 2 rings (SSSR count). The van der Waals surface area contributed by atoms with Crippen molar-refractivity contribution in [3.05, 3.63) is 46.2 Å². The van der Waals surface area contributed by atoms with Crippen LogP contribution in [0, 0.1) is 0 Å². The summed E-state index contributed by atoms with van der Waals surface area (Å²) in [4.78, 5) is 0. The van der Waals surface area contributed by atoms with E-state index in [0.29, 0.717) is 25.6 Å². The van der Waals surface area contributed by atoms with Crippen LogP contribution < -0.4 is 5.32 Å². The van der Waals surface area contributed by atoms with Crippen molar-refractivity contribution in [2.45, 2.75) is 38.9 Å². The van der Waals surface area contributed by atoms with Gasteiger partial charge in [0.05, 0.1) is 5.69 Å². The van der Waals surface area contributed by atoms with Gasteiger partial charge in [0, 0.05) is 36.4 Å². The highest BCUT2D eigenvalue weighted by molar-refractivity contribution is 9.10. The number of benzene rings is 1. The zero-order chi connectivity index (χ0) is 15.1. The topological polar surface area (TPSA) is 63.0 Å². The summed E-state index contributed by atoms with van der Waals surface area (Å²) in [5, 5.41) is 20.5. The van der Waals surface area contributed by atoms with E-state index in [2.05, 4.69) is 62.7 Å². The molecule has 0 spiro atoms. The predicted molar refractivity (Wildman–Crippen MR) is 85.7 cm³/mol. The van der Waals surface area contributed by atoms with Crippen LogP contribution in [0.4, 0.5) is 0 Å². The standard InChI is InChI=1S/C15H21BrN4O/c1-2-15(12-4-6-13(16)7-5-12)17-10-14-11-20(19-18-14)8-3-9-21/h4-7,11,15,17,21H,2-3,8-10H2,1H3. The van der Waals surface area contributed by atoms with Crippen molar-refractivity contribution in [3.8, 4) is 0 Å². The molecule has 21 heavy (non-hydrogen) atoms. The number of nitrogens with zero attached hydrogens (tertiary/aromatic N) is 3. The van der Waals surface area contributed by atoms with Crippen LogP contribution in [0.1, 0.15) is 37.1 Å². The summed E-state index contributed by atoms with van der Waals surface area (Å²) in [5.41, 5.74) is 2.19. The fraction of sp³-hybridized carbons (Fsp3) is 0.467. The Balaban J connectivity index is 1.90. The van der Waals surface area contributed by atoms with Crippen molar-refractivity contribution < 1.29 is 5.11 Å². The SMILES string of the molecule is CCC(NCc1cn(CCCO)nn1)c1ccc(Br)cc1. The highest BCUT2D eigenvalue weighted by Crippen LogP contribution is 2.19. The third-order valence-electron chi connectivity index (χ3n) is 3.34. The lowest BCUT2D eigenvalue weighted by molar-refractivity contribution is 0.276. The fourth-order valence-electron chi connectivity index (χ4n) is 2.18. The van der Waals surface area contributed by atoms with Gasteiger partial charge in [-0.1, -0.05) is 40.2 Å². The Hall–Kier alpha value is -1.24. The van der Waals surface area contributed by atoms with Crippen molar-refractivity contribution in [2.24, 2.45) is 0 Å². The largest absolute Gasteiger partial charge is 0.396 e. The Morgan fingerprint density at radius 1 is 1.33 bits per heavy atom. The van der Waals surface area contributed by atoms with Gasteiger partial charge in [-0.05, 0) is 30.5 Å². The Bertz CT molecular complexity index is 541. The molecule has 1 unspecified atom stereocenters. The first-order chi connectivity index (χ1) is 10.2. The van der Waals surface area contributed by atoms with Gasteiger partial charge in [-0.15, -0.1) is 5.10 Å². The molecule has 0 saturated carbocycles. The fourth-order valence-corrected chi connectivity index (χ4v) is 2.45. The lowest BCUT2D eigenvalue weighted by Crippen LogP contribution is -2.20. The molecule has 1 aromatic heterocycles. The summed E-state index contributed by atoms with van der Waals surface area (Å²) in [7, 11) is 0. The van der Waals surface area contributed by atoms with Gasteiger partial charge in [0.1, 0.15) is 0 Å². The van der Waals surface area contributed by atoms with Gasteiger partial charge in [-0.2, -0.15) is 0 Å². The van der Waals surface area contributed by atoms with Gasteiger partial charge in [0.2, 0.25) is 0 Å². The van der Waals surface area contributed by atoms with E-state index in [1.807, 2.05) is 6.20 Å². The summed E-state index contributed by atoms with van der Waals surface area (Å²) < 4.78 is 2.86. The number of hydrogen-bond donors (Lipinski definition) is 2. The molecule has 2 aromatic rings. The van der Waals surface area contributed by atoms with Crippen molar-refractivity contribution in [3.63, 3.8) is 0 Å². The molecular weight excluding hydrogens is 332 g/mol. The maximum absolute atomic E-state index is 8.81. The molecule has 6 heteroatoms. The quantitative estimate of drug-likeness (QED) is 0.766. The second-order valence-corrected chi connectivity index (χ2v) is 5.86. The van der Waals surface area contributed by atoms with E-state index < -0.39 is 0 Å². The number of aliphatic hydroxyl groups is 1. The molecular formula is C15H21BrN4O. The Morgan fingerprint density at radius 2 is 2.10 bits per heavy atom. The van der Waals surface area contributed by atoms with E-state index in [4.69, 9.17) is 5.11 Å². The van der Waals surface area contributed by atoms with E-state index in [9.17, 15) is 0 Å². The molecule has 0 amide bonds. The maximum Gasteiger partial charge on any atom is 0.0965 e. The van der Waals surface area contributed by atoms with Crippen molar-refractivity contribution in [1.29, 1.82) is 0 Å². The number of halogens is 1. The average Bonchev–Trinajstić information content (AvgIpc) is 2.95. The van der Waals surface area contributed by atoms with Gasteiger partial charge in [0.15, 0.2) is 0 Å². The van der Waals surface area contributed by atoms with E-state index in [0.717, 1.165) is 16.6 Å². The van der Waals surface area contributed by atoms with Gasteiger partial charge in [0.25, 0.3) is 0 Å². The number of aliphatic hydroxyl groups excluding tert-OH is 1. The van der Waals surface area contributed by atoms with Crippen molar-refractivity contribution >= 4 is 15.9 Å². The highest BCUT2D eigenvalue weighted by Gasteiger charge is 2.09. The summed E-state index contributed by atoms with van der Waals surface area (Å²) in [6.07, 6.45) is 3.64. The van der Waals surface area contributed by atoms with E-state index in [-0.39, 0.29) is 6.61 Å². The minimum Gasteiger partial charge on any atom is -0.396 e.